The monoisotopic (exact) mass is 335 g/mol. The minimum Gasteiger partial charge on any atom is -0.484 e. The molecule has 128 valence electrons. The topological polar surface area (TPSA) is 55.6 Å². The highest BCUT2D eigenvalue weighted by Crippen LogP contribution is 2.18. The normalized spacial score (nSPS) is 11.2. The van der Waals surface area contributed by atoms with Gasteiger partial charge in [-0.25, -0.2) is 5.43 Å². The summed E-state index contributed by atoms with van der Waals surface area (Å²) in [5, 5.41) is 5.13. The molecule has 0 aliphatic carbocycles. The molecule has 25 heavy (non-hydrogen) atoms. The van der Waals surface area contributed by atoms with E-state index in [1.807, 2.05) is 68.1 Å². The molecule has 3 rings (SSSR count). The molecule has 2 aromatic carbocycles. The number of hydrogen-bond acceptors (Lipinski definition) is 3. The molecule has 5 heteroatoms. The Hall–Kier alpha value is -3.08. The molecule has 0 fully saturated rings. The third-order valence-corrected chi connectivity index (χ3v) is 3.89. The molecule has 1 N–H and O–H groups in total. The van der Waals surface area contributed by atoms with E-state index in [-0.39, 0.29) is 12.5 Å². The summed E-state index contributed by atoms with van der Waals surface area (Å²) in [5.74, 6) is 0.390. The van der Waals surface area contributed by atoms with Crippen LogP contribution in [0.3, 0.4) is 0 Å². The summed E-state index contributed by atoms with van der Waals surface area (Å²) in [6, 6.07) is 13.9. The van der Waals surface area contributed by atoms with Crippen LogP contribution in [0.5, 0.6) is 5.75 Å². The summed E-state index contributed by atoms with van der Waals surface area (Å²) in [6.45, 7) is 3.92. The highest BCUT2D eigenvalue weighted by atomic mass is 16.5. The number of hydrazone groups is 1. The highest BCUT2D eigenvalue weighted by molar-refractivity contribution is 5.99. The van der Waals surface area contributed by atoms with Gasteiger partial charge in [0, 0.05) is 29.7 Å². The van der Waals surface area contributed by atoms with Crippen LogP contribution in [0.2, 0.25) is 0 Å². The Morgan fingerprint density at radius 1 is 1.20 bits per heavy atom. The second-order valence-corrected chi connectivity index (χ2v) is 6.12. The predicted octanol–water partition coefficient (Wildman–Crippen LogP) is 3.32. The van der Waals surface area contributed by atoms with Crippen molar-refractivity contribution in [2.24, 2.45) is 12.1 Å². The Bertz CT molecular complexity index is 921. The van der Waals surface area contributed by atoms with Gasteiger partial charge in [-0.1, -0.05) is 24.3 Å². The largest absolute Gasteiger partial charge is 0.484 e. The average molecular weight is 335 g/mol. The van der Waals surface area contributed by atoms with Crippen molar-refractivity contribution in [3.63, 3.8) is 0 Å². The lowest BCUT2D eigenvalue weighted by atomic mass is 10.1. The van der Waals surface area contributed by atoms with Crippen molar-refractivity contribution in [1.82, 2.24) is 9.99 Å². The second-order valence-electron chi connectivity index (χ2n) is 6.12. The first kappa shape index (κ1) is 16.8. The molecular weight excluding hydrogens is 314 g/mol. The summed E-state index contributed by atoms with van der Waals surface area (Å²) in [7, 11) is 1.98. The molecule has 5 nitrogen and oxygen atoms in total. The van der Waals surface area contributed by atoms with Gasteiger partial charge in [-0.3, -0.25) is 4.79 Å². The van der Waals surface area contributed by atoms with E-state index >= 15 is 0 Å². The van der Waals surface area contributed by atoms with Crippen LogP contribution in [0.1, 0.15) is 16.7 Å². The molecule has 1 aromatic heterocycles. The number of hydrogen-bond donors (Lipinski definition) is 1. The molecule has 3 aromatic rings. The minimum absolute atomic E-state index is 0.0736. The number of aromatic nitrogens is 1. The van der Waals surface area contributed by atoms with Crippen LogP contribution in [0, 0.1) is 13.8 Å². The van der Waals surface area contributed by atoms with E-state index in [0.717, 1.165) is 27.6 Å². The van der Waals surface area contributed by atoms with Gasteiger partial charge in [0.25, 0.3) is 5.91 Å². The molecule has 1 amide bonds. The molecule has 0 bridgehead atoms. The van der Waals surface area contributed by atoms with Gasteiger partial charge in [0.2, 0.25) is 0 Å². The summed E-state index contributed by atoms with van der Waals surface area (Å²) in [6.07, 6.45) is 3.63. The lowest BCUT2D eigenvalue weighted by molar-refractivity contribution is -0.123. The molecular formula is C20H21N3O2. The lowest BCUT2D eigenvalue weighted by Crippen LogP contribution is -2.24. The number of fused-ring (bicyclic) bond motifs is 1. The van der Waals surface area contributed by atoms with Gasteiger partial charge < -0.3 is 9.30 Å². The Labute approximate surface area is 146 Å². The van der Waals surface area contributed by atoms with Crippen LogP contribution in [0.25, 0.3) is 10.9 Å². The number of amides is 1. The van der Waals surface area contributed by atoms with Crippen molar-refractivity contribution in [2.75, 3.05) is 6.61 Å². The first-order chi connectivity index (χ1) is 12.0. The number of nitrogens with one attached hydrogen (secondary N) is 1. The predicted molar refractivity (Wildman–Crippen MR) is 100 cm³/mol. The van der Waals surface area contributed by atoms with Gasteiger partial charge in [0.1, 0.15) is 5.75 Å². The van der Waals surface area contributed by atoms with E-state index in [1.54, 1.807) is 6.21 Å². The number of rotatable bonds is 5. The zero-order chi connectivity index (χ0) is 17.8. The second kappa shape index (κ2) is 7.21. The minimum atomic E-state index is -0.296. The summed E-state index contributed by atoms with van der Waals surface area (Å²) < 4.78 is 7.55. The summed E-state index contributed by atoms with van der Waals surface area (Å²) in [5.41, 5.74) is 6.77. The van der Waals surface area contributed by atoms with Crippen LogP contribution in [0.15, 0.2) is 53.8 Å². The van der Waals surface area contributed by atoms with E-state index in [0.29, 0.717) is 5.75 Å². The van der Waals surface area contributed by atoms with Crippen molar-refractivity contribution >= 4 is 23.0 Å². The first-order valence-electron chi connectivity index (χ1n) is 8.10. The van der Waals surface area contributed by atoms with Crippen LogP contribution < -0.4 is 10.2 Å². The zero-order valence-electron chi connectivity index (χ0n) is 14.6. The Morgan fingerprint density at radius 2 is 1.92 bits per heavy atom. The van der Waals surface area contributed by atoms with Crippen molar-refractivity contribution < 1.29 is 9.53 Å². The van der Waals surface area contributed by atoms with Crippen molar-refractivity contribution in [3.8, 4) is 5.75 Å². The Kier molecular flexibility index (Phi) is 4.84. The number of carbonyl (C=O) groups is 1. The molecule has 0 spiro atoms. The fourth-order valence-electron chi connectivity index (χ4n) is 2.85. The molecule has 0 saturated carbocycles. The van der Waals surface area contributed by atoms with Gasteiger partial charge >= 0.3 is 0 Å². The highest BCUT2D eigenvalue weighted by Gasteiger charge is 2.05. The van der Waals surface area contributed by atoms with E-state index in [9.17, 15) is 4.79 Å². The third kappa shape index (κ3) is 4.07. The number of para-hydroxylation sites is 1. The van der Waals surface area contributed by atoms with Gasteiger partial charge in [0.05, 0.1) is 6.21 Å². The maximum Gasteiger partial charge on any atom is 0.277 e. The SMILES string of the molecule is Cc1cc(C)cc(OCC(=O)N/N=C\c2cn(C)c3ccccc23)c1. The summed E-state index contributed by atoms with van der Waals surface area (Å²) in [4.78, 5) is 11.9. The quantitative estimate of drug-likeness (QED) is 0.574. The van der Waals surface area contributed by atoms with Crippen LogP contribution in [-0.2, 0) is 11.8 Å². The summed E-state index contributed by atoms with van der Waals surface area (Å²) >= 11 is 0. The molecule has 0 saturated heterocycles. The van der Waals surface area contributed by atoms with E-state index in [2.05, 4.69) is 16.6 Å². The lowest BCUT2D eigenvalue weighted by Gasteiger charge is -2.07. The molecule has 1 heterocycles. The number of carbonyl (C=O) groups excluding carboxylic acids is 1. The number of aryl methyl sites for hydroxylation is 3. The molecule has 0 unspecified atom stereocenters. The van der Waals surface area contributed by atoms with Crippen LogP contribution in [0.4, 0.5) is 0 Å². The maximum absolute atomic E-state index is 11.9. The maximum atomic E-state index is 11.9. The van der Waals surface area contributed by atoms with Gasteiger partial charge in [-0.05, 0) is 43.2 Å². The van der Waals surface area contributed by atoms with Crippen molar-refractivity contribution in [2.45, 2.75) is 13.8 Å². The fraction of sp³-hybridized carbons (Fsp3) is 0.200. The molecule has 0 aliphatic heterocycles. The van der Waals surface area contributed by atoms with Crippen LogP contribution >= 0.6 is 0 Å². The molecule has 0 atom stereocenters. The van der Waals surface area contributed by atoms with E-state index < -0.39 is 0 Å². The van der Waals surface area contributed by atoms with E-state index in [1.165, 1.54) is 0 Å². The third-order valence-electron chi connectivity index (χ3n) is 3.89. The van der Waals surface area contributed by atoms with Crippen molar-refractivity contribution in [3.05, 3.63) is 65.4 Å². The average Bonchev–Trinajstić information content (AvgIpc) is 2.89. The van der Waals surface area contributed by atoms with E-state index in [4.69, 9.17) is 4.74 Å². The van der Waals surface area contributed by atoms with Crippen LogP contribution in [-0.4, -0.2) is 23.3 Å². The Balaban J connectivity index is 1.59. The Morgan fingerprint density at radius 3 is 2.68 bits per heavy atom. The first-order valence-corrected chi connectivity index (χ1v) is 8.10. The smallest absolute Gasteiger partial charge is 0.277 e. The number of benzene rings is 2. The standard InChI is InChI=1S/C20H21N3O2/c1-14-8-15(2)10-17(9-14)25-13-20(24)22-21-11-16-12-23(3)19-7-5-4-6-18(16)19/h4-12H,13H2,1-3H3,(H,22,24)/b21-11-. The van der Waals surface area contributed by atoms with Gasteiger partial charge in [0.15, 0.2) is 6.61 Å². The van der Waals surface area contributed by atoms with Gasteiger partial charge in [-0.2, -0.15) is 5.10 Å². The number of ether oxygens (including phenoxy) is 1. The van der Waals surface area contributed by atoms with Gasteiger partial charge in [-0.15, -0.1) is 0 Å². The zero-order valence-corrected chi connectivity index (χ0v) is 14.6. The number of nitrogens with zero attached hydrogens (tertiary/aromatic N) is 2. The molecule has 0 radical (unpaired) electrons. The van der Waals surface area contributed by atoms with Crippen molar-refractivity contribution in [1.29, 1.82) is 0 Å². The fourth-order valence-corrected chi connectivity index (χ4v) is 2.85. The molecule has 0 aliphatic rings.